The first-order valence-electron chi connectivity index (χ1n) is 5.04. The van der Waals surface area contributed by atoms with E-state index in [0.29, 0.717) is 5.88 Å². The molecule has 2 aromatic rings. The van der Waals surface area contributed by atoms with Crippen LogP contribution in [0.15, 0.2) is 47.4 Å². The lowest BCUT2D eigenvalue weighted by atomic mass is 10.1. The van der Waals surface area contributed by atoms with Gasteiger partial charge >= 0.3 is 0 Å². The minimum atomic E-state index is -0.405. The van der Waals surface area contributed by atoms with Gasteiger partial charge in [0.2, 0.25) is 11.3 Å². The first kappa shape index (κ1) is 11.1. The Kier molecular flexibility index (Phi) is 3.05. The zero-order valence-electron chi connectivity index (χ0n) is 9.25. The number of aromatic hydroxyl groups is 1. The van der Waals surface area contributed by atoms with Gasteiger partial charge in [0.25, 0.3) is 0 Å². The van der Waals surface area contributed by atoms with Crippen LogP contribution >= 0.6 is 0 Å². The number of nitrogens with zero attached hydrogens (tertiary/aromatic N) is 1. The van der Waals surface area contributed by atoms with Crippen molar-refractivity contribution in [2.45, 2.75) is 0 Å². The Bertz CT molecular complexity index is 596. The van der Waals surface area contributed by atoms with Crippen molar-refractivity contribution in [1.82, 2.24) is 4.98 Å². The number of pyridine rings is 1. The summed E-state index contributed by atoms with van der Waals surface area (Å²) in [6.45, 7) is 0. The van der Waals surface area contributed by atoms with Crippen molar-refractivity contribution < 1.29 is 9.84 Å². The zero-order chi connectivity index (χ0) is 12.3. The number of hydrogen-bond acceptors (Lipinski definition) is 4. The third kappa shape index (κ3) is 2.42. The summed E-state index contributed by atoms with van der Waals surface area (Å²) < 4.78 is 5.02. The van der Waals surface area contributed by atoms with Crippen LogP contribution in [0.1, 0.15) is 0 Å². The molecule has 1 aromatic carbocycles. The van der Waals surface area contributed by atoms with E-state index < -0.39 is 5.43 Å². The van der Waals surface area contributed by atoms with Gasteiger partial charge in [-0.1, -0.05) is 12.1 Å². The Hall–Kier alpha value is -2.36. The van der Waals surface area contributed by atoms with Crippen LogP contribution in [-0.2, 0) is 0 Å². The predicted molar refractivity (Wildman–Crippen MR) is 64.2 cm³/mol. The van der Waals surface area contributed by atoms with Crippen LogP contribution in [-0.4, -0.2) is 17.2 Å². The van der Waals surface area contributed by atoms with Crippen LogP contribution in [0.2, 0.25) is 0 Å². The molecule has 0 bridgehead atoms. The first-order chi connectivity index (χ1) is 8.20. The third-order valence-corrected chi connectivity index (χ3v) is 2.35. The smallest absolute Gasteiger partial charge is 0.220 e. The standard InChI is InChI=1S/C13H11NO3/c1-17-13-8-10(5-6-14-13)9-3-2-4-11(15)12(16)7-9/h2-8H,1H3,(H,15,16). The summed E-state index contributed by atoms with van der Waals surface area (Å²) in [7, 11) is 1.53. The van der Waals surface area contributed by atoms with Crippen molar-refractivity contribution in [3.05, 3.63) is 52.8 Å². The highest BCUT2D eigenvalue weighted by Gasteiger charge is 2.02. The van der Waals surface area contributed by atoms with Gasteiger partial charge in [-0.25, -0.2) is 4.98 Å². The minimum Gasteiger partial charge on any atom is -0.504 e. The van der Waals surface area contributed by atoms with Crippen molar-refractivity contribution in [1.29, 1.82) is 0 Å². The number of methoxy groups -OCH3 is 1. The Labute approximate surface area is 98.2 Å². The normalized spacial score (nSPS) is 9.94. The van der Waals surface area contributed by atoms with Crippen molar-refractivity contribution in [2.24, 2.45) is 0 Å². The van der Waals surface area contributed by atoms with Crippen molar-refractivity contribution in [3.63, 3.8) is 0 Å². The summed E-state index contributed by atoms with van der Waals surface area (Å²) in [5, 5.41) is 9.49. The van der Waals surface area contributed by atoms with Crippen LogP contribution in [0, 0.1) is 0 Å². The van der Waals surface area contributed by atoms with E-state index in [2.05, 4.69) is 4.98 Å². The van der Waals surface area contributed by atoms with E-state index in [0.717, 1.165) is 11.1 Å². The quantitative estimate of drug-likeness (QED) is 0.853. The topological polar surface area (TPSA) is 59.4 Å². The van der Waals surface area contributed by atoms with Gasteiger partial charge in [0, 0.05) is 12.3 Å². The number of rotatable bonds is 2. The maximum atomic E-state index is 11.2. The fraction of sp³-hybridized carbons (Fsp3) is 0.0769. The zero-order valence-corrected chi connectivity index (χ0v) is 9.25. The molecular weight excluding hydrogens is 218 g/mol. The minimum absolute atomic E-state index is 0.277. The summed E-state index contributed by atoms with van der Waals surface area (Å²) in [6, 6.07) is 9.61. The lowest BCUT2D eigenvalue weighted by Gasteiger charge is -2.02. The van der Waals surface area contributed by atoms with Crippen molar-refractivity contribution in [3.8, 4) is 22.8 Å². The largest absolute Gasteiger partial charge is 0.504 e. The summed E-state index contributed by atoms with van der Waals surface area (Å²) in [4.78, 5) is 15.2. The number of aromatic nitrogens is 1. The molecule has 17 heavy (non-hydrogen) atoms. The fourth-order valence-corrected chi connectivity index (χ4v) is 1.47. The molecule has 0 radical (unpaired) electrons. The van der Waals surface area contributed by atoms with Crippen molar-refractivity contribution in [2.75, 3.05) is 7.11 Å². The lowest BCUT2D eigenvalue weighted by molar-refractivity contribution is 0.398. The maximum absolute atomic E-state index is 11.2. The van der Waals surface area contributed by atoms with Gasteiger partial charge in [0.1, 0.15) is 0 Å². The Balaban J connectivity index is 2.57. The van der Waals surface area contributed by atoms with Gasteiger partial charge < -0.3 is 9.84 Å². The molecule has 0 spiro atoms. The van der Waals surface area contributed by atoms with Crippen LogP contribution in [0.4, 0.5) is 0 Å². The second-order valence-corrected chi connectivity index (χ2v) is 3.46. The Morgan fingerprint density at radius 3 is 2.71 bits per heavy atom. The van der Waals surface area contributed by atoms with Gasteiger partial charge in [0.15, 0.2) is 5.75 Å². The molecule has 4 heteroatoms. The first-order valence-corrected chi connectivity index (χ1v) is 5.04. The van der Waals surface area contributed by atoms with Gasteiger partial charge in [-0.3, -0.25) is 4.79 Å². The third-order valence-electron chi connectivity index (χ3n) is 2.35. The van der Waals surface area contributed by atoms with E-state index in [-0.39, 0.29) is 5.75 Å². The van der Waals surface area contributed by atoms with Crippen LogP contribution < -0.4 is 10.2 Å². The highest BCUT2D eigenvalue weighted by Crippen LogP contribution is 2.22. The van der Waals surface area contributed by atoms with Gasteiger partial charge in [-0.2, -0.15) is 0 Å². The molecule has 1 N–H and O–H groups in total. The molecule has 0 aliphatic heterocycles. The lowest BCUT2D eigenvalue weighted by Crippen LogP contribution is -1.91. The average molecular weight is 229 g/mol. The second kappa shape index (κ2) is 4.65. The highest BCUT2D eigenvalue weighted by molar-refractivity contribution is 5.64. The Morgan fingerprint density at radius 1 is 1.18 bits per heavy atom. The highest BCUT2D eigenvalue weighted by atomic mass is 16.5. The number of hydrogen-bond donors (Lipinski definition) is 1. The predicted octanol–water partition coefficient (Wildman–Crippen LogP) is 1.82. The fourth-order valence-electron chi connectivity index (χ4n) is 1.47. The number of ether oxygens (including phenoxy) is 1. The summed E-state index contributed by atoms with van der Waals surface area (Å²) >= 11 is 0. The van der Waals surface area contributed by atoms with Gasteiger partial charge in [-0.15, -0.1) is 0 Å². The average Bonchev–Trinajstić information content (AvgIpc) is 2.52. The van der Waals surface area contributed by atoms with E-state index in [9.17, 15) is 9.90 Å². The molecule has 0 saturated carbocycles. The van der Waals surface area contributed by atoms with E-state index in [1.807, 2.05) is 0 Å². The Morgan fingerprint density at radius 2 is 1.94 bits per heavy atom. The van der Waals surface area contributed by atoms with E-state index in [1.54, 1.807) is 30.5 Å². The summed E-state index contributed by atoms with van der Waals surface area (Å²) in [6.07, 6.45) is 1.61. The van der Waals surface area contributed by atoms with E-state index >= 15 is 0 Å². The van der Waals surface area contributed by atoms with E-state index in [4.69, 9.17) is 4.74 Å². The van der Waals surface area contributed by atoms with Crippen molar-refractivity contribution >= 4 is 0 Å². The molecule has 0 unspecified atom stereocenters. The SMILES string of the molecule is COc1cc(-c2cccc(=O)c(O)c2)ccn1. The maximum Gasteiger partial charge on any atom is 0.220 e. The van der Waals surface area contributed by atoms with Crippen LogP contribution in [0.25, 0.3) is 11.1 Å². The second-order valence-electron chi connectivity index (χ2n) is 3.46. The molecule has 0 saturated heterocycles. The summed E-state index contributed by atoms with van der Waals surface area (Å²) in [5.74, 6) is 0.205. The molecule has 1 heterocycles. The molecule has 2 rings (SSSR count). The molecule has 0 amide bonds. The monoisotopic (exact) mass is 229 g/mol. The van der Waals surface area contributed by atoms with Crippen LogP contribution in [0.3, 0.4) is 0 Å². The van der Waals surface area contributed by atoms with Gasteiger partial charge in [-0.05, 0) is 29.3 Å². The molecule has 0 atom stereocenters. The summed E-state index contributed by atoms with van der Waals surface area (Å²) in [5.41, 5.74) is 1.14. The molecule has 86 valence electrons. The van der Waals surface area contributed by atoms with E-state index in [1.165, 1.54) is 19.2 Å². The van der Waals surface area contributed by atoms with Gasteiger partial charge in [0.05, 0.1) is 7.11 Å². The molecular formula is C13H11NO3. The molecule has 1 aromatic heterocycles. The molecule has 0 aliphatic carbocycles. The van der Waals surface area contributed by atoms with Crippen LogP contribution in [0.5, 0.6) is 11.6 Å². The molecule has 4 nitrogen and oxygen atoms in total. The molecule has 0 fully saturated rings. The molecule has 0 aliphatic rings.